The molecule has 0 radical (unpaired) electrons. The van der Waals surface area contributed by atoms with Gasteiger partial charge in [0.25, 0.3) is 0 Å². The van der Waals surface area contributed by atoms with Crippen LogP contribution < -0.4 is 10.1 Å². The molecule has 0 amide bonds. The van der Waals surface area contributed by atoms with Crippen LogP contribution in [0.25, 0.3) is 0 Å². The average molecular weight is 317 g/mol. The Morgan fingerprint density at radius 3 is 2.78 bits per heavy atom. The fourth-order valence-electron chi connectivity index (χ4n) is 3.92. The summed E-state index contributed by atoms with van der Waals surface area (Å²) >= 11 is 0. The Morgan fingerprint density at radius 1 is 1.26 bits per heavy atom. The summed E-state index contributed by atoms with van der Waals surface area (Å²) in [6.07, 6.45) is 3.62. The molecule has 1 aromatic rings. The first-order valence-electron chi connectivity index (χ1n) is 9.01. The van der Waals surface area contributed by atoms with Gasteiger partial charge in [-0.05, 0) is 50.4 Å². The number of likely N-dealkylation sites (N-methyl/N-ethyl adjacent to an activating group) is 1. The molecule has 128 valence electrons. The number of benzene rings is 1. The van der Waals surface area contributed by atoms with Gasteiger partial charge in [-0.25, -0.2) is 0 Å². The average Bonchev–Trinajstić information content (AvgIpc) is 2.59. The molecule has 2 aliphatic rings. The van der Waals surface area contributed by atoms with Gasteiger partial charge in [-0.3, -0.25) is 4.90 Å². The molecule has 1 heterocycles. The molecule has 4 nitrogen and oxygen atoms in total. The van der Waals surface area contributed by atoms with Gasteiger partial charge in [-0.1, -0.05) is 12.1 Å². The van der Waals surface area contributed by atoms with E-state index in [0.29, 0.717) is 12.1 Å². The molecule has 0 aromatic heterocycles. The standard InChI is InChI=1S/C19H31N3O/c1-15(22-12-10-21(2)11-13-22)14-20-18-8-4-7-17-16(18)6-5-9-19(17)23-3/h5-6,9,15,18,20H,4,7-8,10-14H2,1-3H3/t15-,18-/m0/s1. The molecule has 0 unspecified atom stereocenters. The van der Waals surface area contributed by atoms with Crippen LogP contribution >= 0.6 is 0 Å². The predicted octanol–water partition coefficient (Wildman–Crippen LogP) is 2.30. The van der Waals surface area contributed by atoms with Crippen LogP contribution in [0.5, 0.6) is 5.75 Å². The fraction of sp³-hybridized carbons (Fsp3) is 0.684. The molecule has 0 spiro atoms. The Bertz CT molecular complexity index is 511. The quantitative estimate of drug-likeness (QED) is 0.902. The highest BCUT2D eigenvalue weighted by atomic mass is 16.5. The van der Waals surface area contributed by atoms with Gasteiger partial charge >= 0.3 is 0 Å². The third-order valence-corrected chi connectivity index (χ3v) is 5.51. The summed E-state index contributed by atoms with van der Waals surface area (Å²) in [6.45, 7) is 8.17. The van der Waals surface area contributed by atoms with Crippen LogP contribution in [0.1, 0.15) is 36.9 Å². The zero-order valence-corrected chi connectivity index (χ0v) is 14.8. The molecule has 1 fully saturated rings. The maximum absolute atomic E-state index is 5.55. The van der Waals surface area contributed by atoms with Gasteiger partial charge in [-0.2, -0.15) is 0 Å². The molecular formula is C19H31N3O. The van der Waals surface area contributed by atoms with Crippen LogP contribution in [0.4, 0.5) is 0 Å². The largest absolute Gasteiger partial charge is 0.496 e. The summed E-state index contributed by atoms with van der Waals surface area (Å²) < 4.78 is 5.55. The fourth-order valence-corrected chi connectivity index (χ4v) is 3.92. The molecule has 2 atom stereocenters. The highest BCUT2D eigenvalue weighted by Crippen LogP contribution is 2.35. The van der Waals surface area contributed by atoms with Crippen molar-refractivity contribution in [2.24, 2.45) is 0 Å². The summed E-state index contributed by atoms with van der Waals surface area (Å²) in [6, 6.07) is 7.56. The Balaban J connectivity index is 1.59. The monoisotopic (exact) mass is 317 g/mol. The summed E-state index contributed by atoms with van der Waals surface area (Å²) in [4.78, 5) is 5.03. The van der Waals surface area contributed by atoms with Gasteiger partial charge < -0.3 is 15.0 Å². The number of hydrogen-bond donors (Lipinski definition) is 1. The molecule has 1 saturated heterocycles. The Hall–Kier alpha value is -1.10. The van der Waals surface area contributed by atoms with Crippen molar-refractivity contribution in [3.8, 4) is 5.75 Å². The second kappa shape index (κ2) is 7.65. The van der Waals surface area contributed by atoms with Crippen LogP contribution in [0.2, 0.25) is 0 Å². The number of fused-ring (bicyclic) bond motifs is 1. The van der Waals surface area contributed by atoms with E-state index in [1.54, 1.807) is 7.11 Å². The number of ether oxygens (including phenoxy) is 1. The van der Waals surface area contributed by atoms with Gasteiger partial charge in [0.05, 0.1) is 7.11 Å². The SMILES string of the molecule is COc1cccc2c1CCC[C@@H]2NC[C@H](C)N1CCN(C)CC1. The van der Waals surface area contributed by atoms with Crippen LogP contribution in [-0.2, 0) is 6.42 Å². The van der Waals surface area contributed by atoms with Crippen LogP contribution in [-0.4, -0.2) is 62.7 Å². The lowest BCUT2D eigenvalue weighted by atomic mass is 9.87. The predicted molar refractivity (Wildman–Crippen MR) is 95.2 cm³/mol. The molecule has 1 aromatic carbocycles. The zero-order valence-electron chi connectivity index (χ0n) is 14.8. The van der Waals surface area contributed by atoms with Crippen molar-refractivity contribution in [2.75, 3.05) is 46.9 Å². The zero-order chi connectivity index (χ0) is 16.2. The lowest BCUT2D eigenvalue weighted by Gasteiger charge is -2.37. The van der Waals surface area contributed by atoms with Crippen molar-refractivity contribution in [1.82, 2.24) is 15.1 Å². The number of methoxy groups -OCH3 is 1. The lowest BCUT2D eigenvalue weighted by molar-refractivity contribution is 0.116. The van der Waals surface area contributed by atoms with E-state index in [0.717, 1.165) is 18.7 Å². The van der Waals surface area contributed by atoms with E-state index < -0.39 is 0 Å². The lowest BCUT2D eigenvalue weighted by Crippen LogP contribution is -2.51. The maximum Gasteiger partial charge on any atom is 0.122 e. The van der Waals surface area contributed by atoms with Gasteiger partial charge in [-0.15, -0.1) is 0 Å². The van der Waals surface area contributed by atoms with Crippen molar-refractivity contribution in [1.29, 1.82) is 0 Å². The minimum Gasteiger partial charge on any atom is -0.496 e. The third kappa shape index (κ3) is 3.87. The number of hydrogen-bond acceptors (Lipinski definition) is 4. The van der Waals surface area contributed by atoms with Gasteiger partial charge in [0.1, 0.15) is 5.75 Å². The number of piperazine rings is 1. The normalized spacial score (nSPS) is 24.2. The van der Waals surface area contributed by atoms with Crippen molar-refractivity contribution in [2.45, 2.75) is 38.3 Å². The molecule has 1 aliphatic heterocycles. The Kier molecular flexibility index (Phi) is 5.57. The first kappa shape index (κ1) is 16.7. The van der Waals surface area contributed by atoms with E-state index >= 15 is 0 Å². The smallest absolute Gasteiger partial charge is 0.122 e. The molecule has 0 saturated carbocycles. The van der Waals surface area contributed by atoms with E-state index in [4.69, 9.17) is 4.74 Å². The van der Waals surface area contributed by atoms with E-state index in [1.165, 1.54) is 50.1 Å². The van der Waals surface area contributed by atoms with E-state index in [9.17, 15) is 0 Å². The minimum atomic E-state index is 0.476. The first-order chi connectivity index (χ1) is 11.2. The third-order valence-electron chi connectivity index (χ3n) is 5.51. The van der Waals surface area contributed by atoms with Gasteiger partial charge in [0.15, 0.2) is 0 Å². The number of rotatable bonds is 5. The van der Waals surface area contributed by atoms with Crippen molar-refractivity contribution in [3.05, 3.63) is 29.3 Å². The van der Waals surface area contributed by atoms with Crippen LogP contribution in [0, 0.1) is 0 Å². The van der Waals surface area contributed by atoms with E-state index in [1.807, 2.05) is 0 Å². The van der Waals surface area contributed by atoms with Crippen LogP contribution in [0.15, 0.2) is 18.2 Å². The molecular weight excluding hydrogens is 286 g/mol. The molecule has 1 aliphatic carbocycles. The van der Waals surface area contributed by atoms with E-state index in [2.05, 4.69) is 47.3 Å². The second-order valence-corrected chi connectivity index (χ2v) is 7.07. The number of nitrogens with zero attached hydrogens (tertiary/aromatic N) is 2. The Morgan fingerprint density at radius 2 is 2.04 bits per heavy atom. The minimum absolute atomic E-state index is 0.476. The van der Waals surface area contributed by atoms with Crippen molar-refractivity contribution >= 4 is 0 Å². The molecule has 4 heteroatoms. The Labute approximate surface area is 140 Å². The summed E-state index contributed by atoms with van der Waals surface area (Å²) in [5.74, 6) is 1.06. The molecule has 3 rings (SSSR count). The van der Waals surface area contributed by atoms with Gasteiger partial charge in [0, 0.05) is 44.8 Å². The molecule has 1 N–H and O–H groups in total. The van der Waals surface area contributed by atoms with Crippen LogP contribution in [0.3, 0.4) is 0 Å². The summed E-state index contributed by atoms with van der Waals surface area (Å²) in [7, 11) is 3.99. The van der Waals surface area contributed by atoms with E-state index in [-0.39, 0.29) is 0 Å². The maximum atomic E-state index is 5.55. The number of nitrogens with one attached hydrogen (secondary N) is 1. The van der Waals surface area contributed by atoms with Gasteiger partial charge in [0.2, 0.25) is 0 Å². The topological polar surface area (TPSA) is 27.7 Å². The highest BCUT2D eigenvalue weighted by molar-refractivity contribution is 5.43. The first-order valence-corrected chi connectivity index (χ1v) is 9.01. The van der Waals surface area contributed by atoms with Crippen molar-refractivity contribution < 1.29 is 4.74 Å². The summed E-state index contributed by atoms with van der Waals surface area (Å²) in [5, 5.41) is 3.83. The summed E-state index contributed by atoms with van der Waals surface area (Å²) in [5.41, 5.74) is 2.85. The molecule has 0 bridgehead atoms. The second-order valence-electron chi connectivity index (χ2n) is 7.07. The van der Waals surface area contributed by atoms with Crippen molar-refractivity contribution in [3.63, 3.8) is 0 Å². The highest BCUT2D eigenvalue weighted by Gasteiger charge is 2.24. The molecule has 23 heavy (non-hydrogen) atoms.